The molecular weight excluding hydrogens is 150 g/mol. The van der Waals surface area contributed by atoms with Gasteiger partial charge in [-0.25, -0.2) is 0 Å². The van der Waals surface area contributed by atoms with Crippen molar-refractivity contribution < 1.29 is 4.79 Å². The normalized spacial score (nSPS) is 14.3. The highest BCUT2D eigenvalue weighted by Crippen LogP contribution is 2.07. The molecule has 0 fully saturated rings. The molecule has 72 valence electrons. The molecule has 0 aromatic rings. The van der Waals surface area contributed by atoms with Crippen LogP contribution in [-0.4, -0.2) is 29.8 Å². The molecule has 0 saturated heterocycles. The third kappa shape index (κ3) is 3.86. The Morgan fingerprint density at radius 3 is 1.75 bits per heavy atom. The third-order valence-corrected chi connectivity index (χ3v) is 2.06. The van der Waals surface area contributed by atoms with Crippen molar-refractivity contribution in [1.29, 1.82) is 0 Å². The Kier molecular flexibility index (Phi) is 5.14. The highest BCUT2D eigenvalue weighted by atomic mass is 16.1. The molecule has 0 radical (unpaired) electrons. The van der Waals surface area contributed by atoms with E-state index in [1.807, 2.05) is 6.92 Å². The maximum Gasteiger partial charge on any atom is 0.124 e. The average Bonchev–Trinajstić information content (AvgIpc) is 1.98. The van der Waals surface area contributed by atoms with Gasteiger partial charge in [-0.2, -0.15) is 0 Å². The van der Waals surface area contributed by atoms with Crippen LogP contribution in [0.1, 0.15) is 34.6 Å². The molecule has 0 N–H and O–H groups in total. The standard InChI is InChI=1S/C10H21NO/c1-8(2)11(9(3)4)6-10(5)7-12/h7-10H,6H2,1-5H3. The molecule has 0 aliphatic rings. The van der Waals surface area contributed by atoms with Gasteiger partial charge in [-0.05, 0) is 27.7 Å². The van der Waals surface area contributed by atoms with Gasteiger partial charge in [0, 0.05) is 24.5 Å². The number of hydrogen-bond acceptors (Lipinski definition) is 2. The number of hydrogen-bond donors (Lipinski definition) is 0. The largest absolute Gasteiger partial charge is 0.303 e. The Bertz CT molecular complexity index is 124. The molecule has 0 aliphatic carbocycles. The summed E-state index contributed by atoms with van der Waals surface area (Å²) in [5.74, 6) is 0.148. The molecule has 0 heterocycles. The summed E-state index contributed by atoms with van der Waals surface area (Å²) in [6, 6.07) is 1.04. The van der Waals surface area contributed by atoms with Crippen LogP contribution in [0.5, 0.6) is 0 Å². The van der Waals surface area contributed by atoms with Gasteiger partial charge < -0.3 is 4.79 Å². The van der Waals surface area contributed by atoms with Crippen LogP contribution in [0, 0.1) is 5.92 Å². The van der Waals surface area contributed by atoms with Crippen LogP contribution in [0.3, 0.4) is 0 Å². The number of nitrogens with zero attached hydrogens (tertiary/aromatic N) is 1. The second-order valence-electron chi connectivity index (χ2n) is 4.00. The molecule has 1 atom stereocenters. The van der Waals surface area contributed by atoms with Crippen LogP contribution in [0.25, 0.3) is 0 Å². The summed E-state index contributed by atoms with van der Waals surface area (Å²) < 4.78 is 0. The molecule has 0 rings (SSSR count). The van der Waals surface area contributed by atoms with E-state index in [1.54, 1.807) is 0 Å². The first-order chi connectivity index (χ1) is 5.49. The first-order valence-electron chi connectivity index (χ1n) is 4.70. The molecule has 12 heavy (non-hydrogen) atoms. The molecule has 0 amide bonds. The second kappa shape index (κ2) is 5.31. The maximum absolute atomic E-state index is 10.5. The Morgan fingerprint density at radius 1 is 1.08 bits per heavy atom. The predicted molar refractivity (Wildman–Crippen MR) is 52.2 cm³/mol. The number of carbonyl (C=O) groups excluding carboxylic acids is 1. The Balaban J connectivity index is 4.04. The highest BCUT2D eigenvalue weighted by molar-refractivity contribution is 5.53. The van der Waals surface area contributed by atoms with E-state index in [4.69, 9.17) is 0 Å². The summed E-state index contributed by atoms with van der Waals surface area (Å²) >= 11 is 0. The average molecular weight is 171 g/mol. The number of rotatable bonds is 5. The van der Waals surface area contributed by atoms with E-state index in [0.717, 1.165) is 12.8 Å². The van der Waals surface area contributed by atoms with Crippen molar-refractivity contribution >= 4 is 6.29 Å². The molecule has 1 unspecified atom stereocenters. The molecule has 0 saturated carbocycles. The zero-order valence-electron chi connectivity index (χ0n) is 8.87. The van der Waals surface area contributed by atoms with E-state index in [2.05, 4.69) is 32.6 Å². The summed E-state index contributed by atoms with van der Waals surface area (Å²) in [6.07, 6.45) is 1.03. The maximum atomic E-state index is 10.5. The summed E-state index contributed by atoms with van der Waals surface area (Å²) in [6.45, 7) is 11.5. The molecule has 0 aromatic heterocycles. The van der Waals surface area contributed by atoms with Gasteiger partial charge in [0.2, 0.25) is 0 Å². The van der Waals surface area contributed by atoms with Crippen LogP contribution in [0.4, 0.5) is 0 Å². The molecule has 0 aromatic carbocycles. The topological polar surface area (TPSA) is 20.3 Å². The third-order valence-electron chi connectivity index (χ3n) is 2.06. The lowest BCUT2D eigenvalue weighted by atomic mass is 10.1. The fourth-order valence-electron chi connectivity index (χ4n) is 1.39. The van der Waals surface area contributed by atoms with E-state index < -0.39 is 0 Å². The number of carbonyl (C=O) groups is 1. The van der Waals surface area contributed by atoms with Crippen molar-refractivity contribution in [3.63, 3.8) is 0 Å². The smallest absolute Gasteiger partial charge is 0.124 e. The van der Waals surface area contributed by atoms with Gasteiger partial charge >= 0.3 is 0 Å². The summed E-state index contributed by atoms with van der Waals surface area (Å²) in [5, 5.41) is 0. The SMILES string of the molecule is CC(C=O)CN(C(C)C)C(C)C. The second-order valence-corrected chi connectivity index (χ2v) is 4.00. The van der Waals surface area contributed by atoms with Gasteiger partial charge in [0.05, 0.1) is 0 Å². The van der Waals surface area contributed by atoms with Gasteiger partial charge in [0.1, 0.15) is 6.29 Å². The van der Waals surface area contributed by atoms with Crippen molar-refractivity contribution in [2.75, 3.05) is 6.54 Å². The van der Waals surface area contributed by atoms with Gasteiger partial charge in [-0.15, -0.1) is 0 Å². The van der Waals surface area contributed by atoms with Crippen LogP contribution in [0.15, 0.2) is 0 Å². The van der Waals surface area contributed by atoms with E-state index in [-0.39, 0.29) is 5.92 Å². The minimum absolute atomic E-state index is 0.148. The minimum Gasteiger partial charge on any atom is -0.303 e. The van der Waals surface area contributed by atoms with E-state index >= 15 is 0 Å². The zero-order valence-corrected chi connectivity index (χ0v) is 8.87. The number of aldehydes is 1. The van der Waals surface area contributed by atoms with Crippen LogP contribution in [-0.2, 0) is 4.79 Å². The van der Waals surface area contributed by atoms with Crippen LogP contribution < -0.4 is 0 Å². The van der Waals surface area contributed by atoms with Crippen molar-refractivity contribution in [3.05, 3.63) is 0 Å². The van der Waals surface area contributed by atoms with E-state index in [0.29, 0.717) is 12.1 Å². The van der Waals surface area contributed by atoms with Gasteiger partial charge in [0.25, 0.3) is 0 Å². The highest BCUT2D eigenvalue weighted by Gasteiger charge is 2.15. The van der Waals surface area contributed by atoms with Crippen molar-refractivity contribution in [1.82, 2.24) is 4.90 Å². The molecule has 2 nitrogen and oxygen atoms in total. The lowest BCUT2D eigenvalue weighted by molar-refractivity contribution is -0.111. The van der Waals surface area contributed by atoms with E-state index in [9.17, 15) is 4.79 Å². The predicted octanol–water partition coefficient (Wildman–Crippen LogP) is 1.94. The van der Waals surface area contributed by atoms with Crippen molar-refractivity contribution in [2.45, 2.75) is 46.7 Å². The Labute approximate surface area is 75.9 Å². The summed E-state index contributed by atoms with van der Waals surface area (Å²) in [5.41, 5.74) is 0. The lowest BCUT2D eigenvalue weighted by Crippen LogP contribution is -2.40. The van der Waals surface area contributed by atoms with Crippen LogP contribution >= 0.6 is 0 Å². The molecule has 0 spiro atoms. The fourth-order valence-corrected chi connectivity index (χ4v) is 1.39. The fraction of sp³-hybridized carbons (Fsp3) is 0.900. The molecule has 2 heteroatoms. The summed E-state index contributed by atoms with van der Waals surface area (Å²) in [4.78, 5) is 12.8. The first kappa shape index (κ1) is 11.6. The minimum atomic E-state index is 0.148. The molecule has 0 bridgehead atoms. The Morgan fingerprint density at radius 2 is 1.50 bits per heavy atom. The molecule has 0 aliphatic heterocycles. The zero-order chi connectivity index (χ0) is 9.72. The summed E-state index contributed by atoms with van der Waals surface area (Å²) in [7, 11) is 0. The van der Waals surface area contributed by atoms with Crippen molar-refractivity contribution in [2.24, 2.45) is 5.92 Å². The van der Waals surface area contributed by atoms with Crippen LogP contribution in [0.2, 0.25) is 0 Å². The monoisotopic (exact) mass is 171 g/mol. The Hall–Kier alpha value is -0.370. The van der Waals surface area contributed by atoms with E-state index in [1.165, 1.54) is 0 Å². The lowest BCUT2D eigenvalue weighted by Gasteiger charge is -2.31. The van der Waals surface area contributed by atoms with Gasteiger partial charge in [0.15, 0.2) is 0 Å². The van der Waals surface area contributed by atoms with Crippen molar-refractivity contribution in [3.8, 4) is 0 Å². The molecular formula is C10H21NO. The van der Waals surface area contributed by atoms with Gasteiger partial charge in [-0.3, -0.25) is 4.90 Å². The van der Waals surface area contributed by atoms with Gasteiger partial charge in [-0.1, -0.05) is 6.92 Å². The quantitative estimate of drug-likeness (QED) is 0.589. The first-order valence-corrected chi connectivity index (χ1v) is 4.70.